The Hall–Kier alpha value is -3.76. The summed E-state index contributed by atoms with van der Waals surface area (Å²) < 4.78 is 0. The van der Waals surface area contributed by atoms with Gasteiger partial charge in [0.15, 0.2) is 0 Å². The third kappa shape index (κ3) is 5.78. The summed E-state index contributed by atoms with van der Waals surface area (Å²) in [5, 5.41) is 9.58. The lowest BCUT2D eigenvalue weighted by Crippen LogP contribution is -2.46. The molecular weight excluding hydrogens is 524 g/mol. The van der Waals surface area contributed by atoms with Crippen LogP contribution < -0.4 is 20.4 Å². The molecule has 42 heavy (non-hydrogen) atoms. The third-order valence-electron chi connectivity index (χ3n) is 9.37. The molecule has 0 unspecified atom stereocenters. The van der Waals surface area contributed by atoms with Crippen LogP contribution in [0.5, 0.6) is 0 Å². The van der Waals surface area contributed by atoms with Crippen molar-refractivity contribution in [1.82, 2.24) is 29.7 Å². The molecular formula is C32H42N10. The molecule has 0 amide bonds. The summed E-state index contributed by atoms with van der Waals surface area (Å²) in [5.41, 5.74) is 4.45. The number of fused-ring (bicyclic) bond motifs is 2. The molecule has 3 saturated heterocycles. The highest BCUT2D eigenvalue weighted by Gasteiger charge is 2.22. The van der Waals surface area contributed by atoms with Crippen LogP contribution in [0.4, 0.5) is 23.0 Å². The first-order chi connectivity index (χ1) is 20.6. The molecule has 2 aromatic heterocycles. The van der Waals surface area contributed by atoms with Crippen LogP contribution in [-0.2, 0) is 0 Å². The Kier molecular flexibility index (Phi) is 7.65. The van der Waals surface area contributed by atoms with Gasteiger partial charge in [-0.3, -0.25) is 0 Å². The topological polar surface area (TPSA) is 88.6 Å². The minimum atomic E-state index is 0.468. The van der Waals surface area contributed by atoms with Crippen molar-refractivity contribution >= 4 is 44.8 Å². The molecule has 10 nitrogen and oxygen atoms in total. The van der Waals surface area contributed by atoms with Crippen LogP contribution in [0, 0.1) is 0 Å². The molecule has 7 rings (SSSR count). The minimum Gasteiger partial charge on any atom is -0.368 e. The van der Waals surface area contributed by atoms with Gasteiger partial charge in [-0.1, -0.05) is 0 Å². The lowest BCUT2D eigenvalue weighted by Gasteiger charge is -2.37. The lowest BCUT2D eigenvalue weighted by molar-refractivity contribution is 0.264. The van der Waals surface area contributed by atoms with E-state index < -0.39 is 0 Å². The number of hydrogen-bond donors (Lipinski definition) is 2. The van der Waals surface area contributed by atoms with Gasteiger partial charge in [0.25, 0.3) is 0 Å². The third-order valence-corrected chi connectivity index (χ3v) is 9.37. The molecule has 0 bridgehead atoms. The number of nitrogens with one attached hydrogen (secondary N) is 2. The highest BCUT2D eigenvalue weighted by Crippen LogP contribution is 2.30. The predicted molar refractivity (Wildman–Crippen MR) is 172 cm³/mol. The highest BCUT2D eigenvalue weighted by atomic mass is 15.3. The second-order valence-electron chi connectivity index (χ2n) is 12.3. The van der Waals surface area contributed by atoms with Gasteiger partial charge in [-0.15, -0.1) is 0 Å². The maximum Gasteiger partial charge on any atom is 0.137 e. The number of piperidine rings is 2. The largest absolute Gasteiger partial charge is 0.368 e. The van der Waals surface area contributed by atoms with Crippen LogP contribution in [-0.4, -0.2) is 108 Å². The summed E-state index contributed by atoms with van der Waals surface area (Å²) in [5.74, 6) is 1.91. The molecule has 3 fully saturated rings. The maximum absolute atomic E-state index is 4.63. The average molecular weight is 567 g/mol. The first-order valence-corrected chi connectivity index (χ1v) is 15.5. The van der Waals surface area contributed by atoms with Gasteiger partial charge in [-0.25, -0.2) is 19.9 Å². The smallest absolute Gasteiger partial charge is 0.137 e. The average Bonchev–Trinajstić information content (AvgIpc) is 3.03. The molecule has 10 heteroatoms. The quantitative estimate of drug-likeness (QED) is 0.358. The van der Waals surface area contributed by atoms with E-state index in [1.165, 1.54) is 11.4 Å². The molecule has 0 radical (unpaired) electrons. The molecule has 0 saturated carbocycles. The molecule has 4 aromatic rings. The first kappa shape index (κ1) is 27.1. The number of hydrogen-bond acceptors (Lipinski definition) is 10. The van der Waals surface area contributed by atoms with Gasteiger partial charge in [0.1, 0.15) is 24.3 Å². The predicted octanol–water partition coefficient (Wildman–Crippen LogP) is 3.91. The van der Waals surface area contributed by atoms with Crippen molar-refractivity contribution in [2.45, 2.75) is 37.8 Å². The van der Waals surface area contributed by atoms with Crippen molar-refractivity contribution in [2.24, 2.45) is 0 Å². The van der Waals surface area contributed by atoms with Crippen LogP contribution in [0.15, 0.2) is 49.1 Å². The van der Waals surface area contributed by atoms with E-state index in [9.17, 15) is 0 Å². The zero-order valence-corrected chi connectivity index (χ0v) is 24.8. The van der Waals surface area contributed by atoms with Crippen LogP contribution >= 0.6 is 0 Å². The number of aromatic nitrogens is 4. The Morgan fingerprint density at radius 1 is 0.548 bits per heavy atom. The Balaban J connectivity index is 1.00. The van der Waals surface area contributed by atoms with Gasteiger partial charge in [-0.2, -0.15) is 0 Å². The Labute approximate surface area is 248 Å². The van der Waals surface area contributed by atoms with E-state index in [1.807, 2.05) is 0 Å². The molecule has 5 heterocycles. The van der Waals surface area contributed by atoms with Crippen molar-refractivity contribution in [1.29, 1.82) is 0 Å². The van der Waals surface area contributed by atoms with E-state index in [2.05, 4.69) is 101 Å². The lowest BCUT2D eigenvalue weighted by atomic mass is 10.1. The highest BCUT2D eigenvalue weighted by molar-refractivity contribution is 5.92. The molecule has 2 N–H and O–H groups in total. The van der Waals surface area contributed by atoms with Gasteiger partial charge >= 0.3 is 0 Å². The number of benzene rings is 2. The summed E-state index contributed by atoms with van der Waals surface area (Å²) in [7, 11) is 4.39. The van der Waals surface area contributed by atoms with E-state index in [4.69, 9.17) is 0 Å². The van der Waals surface area contributed by atoms with Gasteiger partial charge in [0, 0.05) is 60.4 Å². The van der Waals surface area contributed by atoms with Crippen molar-refractivity contribution in [2.75, 3.05) is 86.9 Å². The zero-order valence-electron chi connectivity index (χ0n) is 24.8. The number of likely N-dealkylation sites (tertiary alicyclic amines) is 2. The minimum absolute atomic E-state index is 0.468. The van der Waals surface area contributed by atoms with E-state index >= 15 is 0 Å². The van der Waals surface area contributed by atoms with Gasteiger partial charge in [-0.05, 0) is 102 Å². The van der Waals surface area contributed by atoms with E-state index in [1.54, 1.807) is 12.7 Å². The van der Waals surface area contributed by atoms with E-state index in [-0.39, 0.29) is 0 Å². The molecule has 2 aromatic carbocycles. The van der Waals surface area contributed by atoms with E-state index in [0.29, 0.717) is 12.1 Å². The standard InChI is InChI=1S/C32H42N10/c1-39-11-7-23(8-12-39)37-31-27-5-3-25(19-29(27)33-21-35-31)41-15-17-42(18-16-41)26-4-6-28-30(20-26)34-22-36-32(28)38-24-9-13-40(2)14-10-24/h3-6,19-24H,7-18H2,1-2H3,(H,33,35,37)(H,34,36,38). The summed E-state index contributed by atoms with van der Waals surface area (Å²) in [6.07, 6.45) is 7.96. The van der Waals surface area contributed by atoms with Crippen molar-refractivity contribution in [3.8, 4) is 0 Å². The summed E-state index contributed by atoms with van der Waals surface area (Å²) in [6.45, 7) is 8.34. The van der Waals surface area contributed by atoms with Crippen molar-refractivity contribution < 1.29 is 0 Å². The molecule has 3 aliphatic heterocycles. The molecule has 220 valence electrons. The SMILES string of the molecule is CN1CCC(Nc2ncnc3cc(N4CCN(c5ccc6c(NC7CCN(C)CC7)ncnc6c5)CC4)ccc23)CC1. The van der Waals surface area contributed by atoms with Crippen LogP contribution in [0.25, 0.3) is 21.8 Å². The first-order valence-electron chi connectivity index (χ1n) is 15.5. The van der Waals surface area contributed by atoms with Crippen molar-refractivity contribution in [3.05, 3.63) is 49.1 Å². The Morgan fingerprint density at radius 3 is 1.36 bits per heavy atom. The van der Waals surface area contributed by atoms with Gasteiger partial charge < -0.3 is 30.2 Å². The fourth-order valence-corrected chi connectivity index (χ4v) is 6.63. The van der Waals surface area contributed by atoms with Crippen LogP contribution in [0.3, 0.4) is 0 Å². The zero-order chi connectivity index (χ0) is 28.5. The molecule has 0 aliphatic carbocycles. The fourth-order valence-electron chi connectivity index (χ4n) is 6.63. The maximum atomic E-state index is 4.63. The van der Waals surface area contributed by atoms with Crippen LogP contribution in [0.2, 0.25) is 0 Å². The molecule has 0 atom stereocenters. The van der Waals surface area contributed by atoms with Crippen molar-refractivity contribution in [3.63, 3.8) is 0 Å². The molecule has 3 aliphatic rings. The van der Waals surface area contributed by atoms with Gasteiger partial charge in [0.05, 0.1) is 11.0 Å². The van der Waals surface area contributed by atoms with Gasteiger partial charge in [0.2, 0.25) is 0 Å². The van der Waals surface area contributed by atoms with Crippen LogP contribution in [0.1, 0.15) is 25.7 Å². The molecule has 0 spiro atoms. The summed E-state index contributed by atoms with van der Waals surface area (Å²) in [6, 6.07) is 14.2. The Bertz CT molecular complexity index is 1400. The number of anilines is 4. The fraction of sp³-hybridized carbons (Fsp3) is 0.500. The second-order valence-corrected chi connectivity index (χ2v) is 12.3. The normalized spacial score (nSPS) is 20.0. The number of nitrogens with zero attached hydrogens (tertiary/aromatic N) is 8. The Morgan fingerprint density at radius 2 is 0.952 bits per heavy atom. The number of rotatable bonds is 6. The second kappa shape index (κ2) is 11.9. The van der Waals surface area contributed by atoms with E-state index in [0.717, 1.165) is 111 Å². The number of piperazine rings is 1. The summed E-state index contributed by atoms with van der Waals surface area (Å²) >= 11 is 0. The summed E-state index contributed by atoms with van der Waals surface area (Å²) in [4.78, 5) is 28.2. The monoisotopic (exact) mass is 566 g/mol.